The summed E-state index contributed by atoms with van der Waals surface area (Å²) < 4.78 is 21.6. The molecule has 0 saturated heterocycles. The standard InChI is InChI=1S/C40H53N5O7/c1-9-28-26(5)33-21-32-25(4)24(3)31(42-32)20-30-23(2)18-35(41-30)29(39-38(40(47)48)27(6)34(44-39)22-36(28)43-33)19-37(46)45(7)10-11-50-14-15-52-17-16-51-13-12-49-8/h20-23,42-43H,9-19H2,1-8H3,(H,47,48). The van der Waals surface area contributed by atoms with Gasteiger partial charge in [-0.2, -0.15) is 0 Å². The van der Waals surface area contributed by atoms with Gasteiger partial charge in [0.25, 0.3) is 0 Å². The summed E-state index contributed by atoms with van der Waals surface area (Å²) in [6.45, 7) is 15.8. The molecule has 8 bridgehead atoms. The Morgan fingerprint density at radius 1 is 0.827 bits per heavy atom. The van der Waals surface area contributed by atoms with Gasteiger partial charge in [-0.25, -0.2) is 9.78 Å². The Morgan fingerprint density at radius 3 is 2.06 bits per heavy atom. The summed E-state index contributed by atoms with van der Waals surface area (Å²) in [4.78, 5) is 45.6. The number of likely N-dealkylation sites (N-methyl/N-ethyl adjacent to an activating group) is 1. The van der Waals surface area contributed by atoms with Crippen LogP contribution in [0.1, 0.15) is 77.3 Å². The second kappa shape index (κ2) is 17.4. The fraction of sp³-hybridized carbons (Fsp3) is 0.500. The van der Waals surface area contributed by atoms with Crippen molar-refractivity contribution in [1.29, 1.82) is 0 Å². The maximum atomic E-state index is 13.8. The molecule has 0 fully saturated rings. The monoisotopic (exact) mass is 715 g/mol. The largest absolute Gasteiger partial charge is 0.478 e. The molecule has 0 aromatic carbocycles. The van der Waals surface area contributed by atoms with Crippen LogP contribution < -0.4 is 0 Å². The molecule has 3 aromatic heterocycles. The van der Waals surface area contributed by atoms with Gasteiger partial charge in [-0.3, -0.25) is 9.78 Å². The van der Waals surface area contributed by atoms with Crippen molar-refractivity contribution in [3.05, 3.63) is 68.8 Å². The van der Waals surface area contributed by atoms with E-state index in [0.717, 1.165) is 56.4 Å². The number of carboxylic acids is 1. The number of amides is 1. The molecule has 0 spiro atoms. The molecule has 5 rings (SSSR count). The Hall–Kier alpha value is -4.36. The summed E-state index contributed by atoms with van der Waals surface area (Å²) >= 11 is 0. The lowest BCUT2D eigenvalue weighted by Crippen LogP contribution is -2.32. The SMILES string of the molecule is CCc1c(C)c2cc3[nH]c(cc4nc(c(CC(=O)N(C)CCOCCOCCOCCOC)c5nc(cc1[nH]2)C(C)=C5C(=O)O)CC4C)c(C)c3C. The molecule has 12 nitrogen and oxygen atoms in total. The predicted octanol–water partition coefficient (Wildman–Crippen LogP) is 5.86. The van der Waals surface area contributed by atoms with Crippen LogP contribution in [0.3, 0.4) is 0 Å². The fourth-order valence-electron chi connectivity index (χ4n) is 6.73. The van der Waals surface area contributed by atoms with Gasteiger partial charge in [0.1, 0.15) is 0 Å². The summed E-state index contributed by atoms with van der Waals surface area (Å²) in [5.41, 5.74) is 12.0. The number of aromatic amines is 2. The van der Waals surface area contributed by atoms with E-state index in [1.807, 2.05) is 6.07 Å². The first-order valence-corrected chi connectivity index (χ1v) is 18.1. The second-order valence-electron chi connectivity index (χ2n) is 13.6. The van der Waals surface area contributed by atoms with Crippen molar-refractivity contribution in [3.8, 4) is 0 Å². The lowest BCUT2D eigenvalue weighted by Gasteiger charge is -2.18. The maximum Gasteiger partial charge on any atom is 0.338 e. The first-order chi connectivity index (χ1) is 24.9. The Morgan fingerprint density at radius 2 is 1.42 bits per heavy atom. The number of hydrogen-bond donors (Lipinski definition) is 3. The minimum Gasteiger partial charge on any atom is -0.478 e. The van der Waals surface area contributed by atoms with Crippen LogP contribution in [0.4, 0.5) is 0 Å². The van der Waals surface area contributed by atoms with Crippen LogP contribution in [-0.2, 0) is 47.8 Å². The first-order valence-electron chi connectivity index (χ1n) is 18.1. The van der Waals surface area contributed by atoms with Crippen LogP contribution in [0.5, 0.6) is 0 Å². The highest BCUT2D eigenvalue weighted by atomic mass is 16.6. The van der Waals surface area contributed by atoms with Crippen molar-refractivity contribution in [3.63, 3.8) is 0 Å². The number of aliphatic carboxylic acids is 1. The highest BCUT2D eigenvalue weighted by Gasteiger charge is 2.30. The summed E-state index contributed by atoms with van der Waals surface area (Å²) in [7, 11) is 3.36. The molecular weight excluding hydrogens is 662 g/mol. The summed E-state index contributed by atoms with van der Waals surface area (Å²) in [6, 6.07) is 6.16. The summed E-state index contributed by atoms with van der Waals surface area (Å²) in [5.74, 6) is -1.22. The Balaban J connectivity index is 1.52. The molecule has 1 atom stereocenters. The van der Waals surface area contributed by atoms with Crippen molar-refractivity contribution in [2.75, 3.05) is 67.0 Å². The van der Waals surface area contributed by atoms with Gasteiger partial charge in [-0.1, -0.05) is 13.8 Å². The highest BCUT2D eigenvalue weighted by Crippen LogP contribution is 2.36. The van der Waals surface area contributed by atoms with Gasteiger partial charge in [0.15, 0.2) is 0 Å². The van der Waals surface area contributed by atoms with E-state index in [1.165, 1.54) is 0 Å². The number of fused-ring (bicyclic) bond motifs is 8. The van der Waals surface area contributed by atoms with E-state index in [9.17, 15) is 14.7 Å². The molecule has 3 N–H and O–H groups in total. The quantitative estimate of drug-likeness (QED) is 0.155. The van der Waals surface area contributed by atoms with Gasteiger partial charge < -0.3 is 38.9 Å². The molecule has 3 aromatic rings. The number of carboxylic acid groups (broad SMARTS) is 1. The van der Waals surface area contributed by atoms with E-state index >= 15 is 0 Å². The molecule has 52 heavy (non-hydrogen) atoms. The number of rotatable bonds is 16. The van der Waals surface area contributed by atoms with Crippen molar-refractivity contribution < 1.29 is 33.6 Å². The second-order valence-corrected chi connectivity index (χ2v) is 13.6. The fourth-order valence-corrected chi connectivity index (χ4v) is 6.73. The number of nitrogens with one attached hydrogen (secondary N) is 2. The molecule has 0 radical (unpaired) electrons. The zero-order chi connectivity index (χ0) is 37.5. The number of methoxy groups -OCH3 is 1. The number of H-pyrrole nitrogens is 2. The molecule has 2 aliphatic rings. The van der Waals surface area contributed by atoms with E-state index in [4.69, 9.17) is 28.9 Å². The maximum absolute atomic E-state index is 13.8. The molecule has 12 heteroatoms. The predicted molar refractivity (Wildman–Crippen MR) is 203 cm³/mol. The average Bonchev–Trinajstić information content (AvgIpc) is 3.81. The van der Waals surface area contributed by atoms with E-state index in [0.29, 0.717) is 87.4 Å². The molecule has 280 valence electrons. The first kappa shape index (κ1) is 38.9. The van der Waals surface area contributed by atoms with Crippen LogP contribution in [0.2, 0.25) is 0 Å². The third-order valence-electron chi connectivity index (χ3n) is 10.2. The summed E-state index contributed by atoms with van der Waals surface area (Å²) in [6.07, 6.45) is 1.29. The van der Waals surface area contributed by atoms with Crippen molar-refractivity contribution >= 4 is 45.1 Å². The van der Waals surface area contributed by atoms with E-state index < -0.39 is 5.97 Å². The number of carbonyl (C=O) groups is 2. The van der Waals surface area contributed by atoms with Gasteiger partial charge >= 0.3 is 5.97 Å². The number of carbonyl (C=O) groups excluding carboxylic acids is 1. The molecule has 1 unspecified atom stereocenters. The van der Waals surface area contributed by atoms with Crippen LogP contribution in [-0.4, -0.2) is 109 Å². The average molecular weight is 716 g/mol. The third kappa shape index (κ3) is 8.63. The number of allylic oxidation sites excluding steroid dienone is 1. The van der Waals surface area contributed by atoms with Gasteiger partial charge in [0.2, 0.25) is 5.91 Å². The van der Waals surface area contributed by atoms with Crippen molar-refractivity contribution in [2.24, 2.45) is 0 Å². The number of aromatic nitrogens is 4. The lowest BCUT2D eigenvalue weighted by molar-refractivity contribution is -0.131. The minimum absolute atomic E-state index is 0.0479. The number of nitrogens with zero attached hydrogens (tertiary/aromatic N) is 3. The van der Waals surface area contributed by atoms with Crippen molar-refractivity contribution in [2.45, 2.75) is 66.7 Å². The normalized spacial score (nSPS) is 14.3. The van der Waals surface area contributed by atoms with E-state index in [1.54, 1.807) is 26.0 Å². The summed E-state index contributed by atoms with van der Waals surface area (Å²) in [5, 5.41) is 10.6. The molecular formula is C40H53N5O7. The molecule has 0 aliphatic carbocycles. The topological polar surface area (TPSA) is 152 Å². The van der Waals surface area contributed by atoms with Gasteiger partial charge in [0.05, 0.1) is 69.6 Å². The number of hydrogen-bond acceptors (Lipinski definition) is 8. The van der Waals surface area contributed by atoms with Crippen LogP contribution in [0.25, 0.3) is 33.2 Å². The molecule has 1 amide bonds. The Labute approximate surface area is 305 Å². The lowest BCUT2D eigenvalue weighted by atomic mass is 9.96. The van der Waals surface area contributed by atoms with Crippen LogP contribution in [0, 0.1) is 20.8 Å². The Bertz CT molecular complexity index is 1990. The molecule has 5 heterocycles. The van der Waals surface area contributed by atoms with Gasteiger partial charge in [-0.15, -0.1) is 0 Å². The van der Waals surface area contributed by atoms with Gasteiger partial charge in [-0.05, 0) is 86.6 Å². The van der Waals surface area contributed by atoms with Crippen LogP contribution >= 0.6 is 0 Å². The minimum atomic E-state index is -1.09. The van der Waals surface area contributed by atoms with Crippen molar-refractivity contribution in [1.82, 2.24) is 24.8 Å². The number of aryl methyl sites for hydroxylation is 4. The van der Waals surface area contributed by atoms with Gasteiger partial charge in [0, 0.05) is 65.6 Å². The molecule has 2 aliphatic heterocycles. The molecule has 0 saturated carbocycles. The van der Waals surface area contributed by atoms with E-state index in [-0.39, 0.29) is 23.8 Å². The van der Waals surface area contributed by atoms with Crippen LogP contribution in [0.15, 0.2) is 18.2 Å². The zero-order valence-electron chi connectivity index (χ0n) is 31.8. The van der Waals surface area contributed by atoms with E-state index in [2.05, 4.69) is 56.7 Å². The highest BCUT2D eigenvalue weighted by molar-refractivity contribution is 6.24. The number of ether oxygens (including phenoxy) is 4. The smallest absolute Gasteiger partial charge is 0.338 e. The third-order valence-corrected chi connectivity index (χ3v) is 10.2. The zero-order valence-corrected chi connectivity index (χ0v) is 31.8. The Kier molecular flexibility index (Phi) is 13.0.